The topological polar surface area (TPSA) is 47.1 Å². The number of aromatic nitrogens is 1. The predicted molar refractivity (Wildman–Crippen MR) is 176 cm³/mol. The second-order valence-corrected chi connectivity index (χ2v) is 12.5. The van der Waals surface area contributed by atoms with Gasteiger partial charge in [0.05, 0.1) is 49.5 Å². The zero-order valence-electron chi connectivity index (χ0n) is 26.5. The highest BCUT2D eigenvalue weighted by Gasteiger charge is 2.40. The Morgan fingerprint density at radius 1 is 0.681 bits per heavy atom. The van der Waals surface area contributed by atoms with Crippen LogP contribution in [0.15, 0.2) is 109 Å². The molecule has 0 bridgehead atoms. The van der Waals surface area contributed by atoms with E-state index >= 15 is 0 Å². The monoisotopic (exact) mass is 645 g/mol. The number of pyridine rings is 1. The molecule has 47 heavy (non-hydrogen) atoms. The van der Waals surface area contributed by atoms with Crippen molar-refractivity contribution in [2.75, 3.05) is 37.6 Å². The molecule has 0 unspecified atom stereocenters. The van der Waals surface area contributed by atoms with E-state index in [0.717, 1.165) is 42.3 Å². The van der Waals surface area contributed by atoms with E-state index in [4.69, 9.17) is 14.2 Å². The van der Waals surface area contributed by atoms with Crippen LogP contribution in [0.25, 0.3) is 0 Å². The Labute approximate surface area is 275 Å². The Morgan fingerprint density at radius 2 is 1.21 bits per heavy atom. The average molecular weight is 646 g/mol. The van der Waals surface area contributed by atoms with E-state index in [0.29, 0.717) is 51.7 Å². The van der Waals surface area contributed by atoms with E-state index in [2.05, 4.69) is 46.3 Å². The molecule has 4 aromatic rings. The Hall–Kier alpha value is -3.76. The summed E-state index contributed by atoms with van der Waals surface area (Å²) in [4.78, 5) is 8.34. The van der Waals surface area contributed by atoms with Gasteiger partial charge in [0.25, 0.3) is 0 Å². The van der Waals surface area contributed by atoms with Gasteiger partial charge in [0.2, 0.25) is 0 Å². The summed E-state index contributed by atoms with van der Waals surface area (Å²) in [5, 5.41) is 0. The number of nitrogens with zero attached hydrogens (tertiary/aromatic N) is 3. The van der Waals surface area contributed by atoms with Crippen molar-refractivity contribution in [1.29, 1.82) is 0 Å². The number of halogens is 3. The first kappa shape index (κ1) is 33.2. The molecule has 0 amide bonds. The maximum absolute atomic E-state index is 13.4. The molecular weight excluding hydrogens is 603 g/mol. The van der Waals surface area contributed by atoms with Crippen molar-refractivity contribution in [1.82, 2.24) is 9.88 Å². The van der Waals surface area contributed by atoms with Gasteiger partial charge in [-0.3, -0.25) is 9.88 Å². The molecule has 2 fully saturated rings. The van der Waals surface area contributed by atoms with Gasteiger partial charge in [-0.25, -0.2) is 0 Å². The van der Waals surface area contributed by atoms with Gasteiger partial charge in [-0.2, -0.15) is 13.2 Å². The van der Waals surface area contributed by atoms with Gasteiger partial charge in [0, 0.05) is 38.9 Å². The van der Waals surface area contributed by atoms with Crippen LogP contribution >= 0.6 is 0 Å². The lowest BCUT2D eigenvalue weighted by Gasteiger charge is -2.45. The number of alkyl halides is 3. The summed E-state index contributed by atoms with van der Waals surface area (Å²) < 4.78 is 60.2. The van der Waals surface area contributed by atoms with Crippen molar-refractivity contribution in [3.05, 3.63) is 132 Å². The molecule has 6 nitrogen and oxygen atoms in total. The zero-order valence-corrected chi connectivity index (χ0v) is 26.5. The molecule has 0 radical (unpaired) electrons. The second kappa shape index (κ2) is 15.9. The van der Waals surface area contributed by atoms with Gasteiger partial charge in [-0.05, 0) is 41.5 Å². The maximum Gasteiger partial charge on any atom is 0.417 e. The maximum atomic E-state index is 13.4. The van der Waals surface area contributed by atoms with Crippen molar-refractivity contribution in [2.45, 2.75) is 57.2 Å². The minimum atomic E-state index is -4.42. The van der Waals surface area contributed by atoms with Crippen LogP contribution in [0.3, 0.4) is 0 Å². The summed E-state index contributed by atoms with van der Waals surface area (Å²) in [6.45, 7) is 4.85. The molecule has 9 heteroatoms. The number of hydrogen-bond acceptors (Lipinski definition) is 6. The molecule has 0 spiro atoms. The highest BCUT2D eigenvalue weighted by atomic mass is 19.4. The first-order chi connectivity index (χ1) is 22.9. The van der Waals surface area contributed by atoms with Crippen molar-refractivity contribution < 1.29 is 27.4 Å². The molecule has 3 atom stereocenters. The van der Waals surface area contributed by atoms with Crippen LogP contribution in [0.2, 0.25) is 0 Å². The summed E-state index contributed by atoms with van der Waals surface area (Å²) in [7, 11) is 0. The van der Waals surface area contributed by atoms with Crippen molar-refractivity contribution in [3.63, 3.8) is 0 Å². The lowest BCUT2D eigenvalue weighted by molar-refractivity contribution is -0.185. The van der Waals surface area contributed by atoms with Crippen molar-refractivity contribution >= 4 is 5.69 Å². The van der Waals surface area contributed by atoms with E-state index in [-0.39, 0.29) is 24.2 Å². The fraction of sp³-hybridized carbons (Fsp3) is 0.395. The highest BCUT2D eigenvalue weighted by molar-refractivity contribution is 5.47. The van der Waals surface area contributed by atoms with E-state index in [1.165, 1.54) is 12.3 Å². The molecule has 6 rings (SSSR count). The SMILES string of the molecule is FC(F)(F)c1cncc(N2CCC[C@@H](CN3C[C@H](OCc4ccccc4)C(OCc4ccccc4)[C@@H](OCc4ccccc4)C3)C2)c1. The minimum absolute atomic E-state index is 0.249. The quantitative estimate of drug-likeness (QED) is 0.160. The summed E-state index contributed by atoms with van der Waals surface area (Å²) in [5.41, 5.74) is 3.07. The normalized spacial score (nSPS) is 21.2. The fourth-order valence-electron chi connectivity index (χ4n) is 6.58. The molecular formula is C38H42F3N3O3. The Morgan fingerprint density at radius 3 is 1.74 bits per heavy atom. The highest BCUT2D eigenvalue weighted by Crippen LogP contribution is 2.33. The lowest BCUT2D eigenvalue weighted by atomic mass is 9.94. The molecule has 3 aromatic carbocycles. The lowest BCUT2D eigenvalue weighted by Crippen LogP contribution is -2.59. The predicted octanol–water partition coefficient (Wildman–Crippen LogP) is 7.39. The van der Waals surface area contributed by atoms with Crippen LogP contribution in [-0.4, -0.2) is 60.9 Å². The molecule has 2 aliphatic heterocycles. The number of rotatable bonds is 12. The third-order valence-corrected chi connectivity index (χ3v) is 8.96. The molecule has 2 aliphatic rings. The standard InChI is InChI=1S/C38H42F3N3O3/c39-38(40,41)33-19-34(21-42-20-33)44-18-10-17-32(23-44)22-43-24-35(45-26-29-11-4-1-5-12-29)37(47-28-31-15-8-3-9-16-31)36(25-43)46-27-30-13-6-2-7-14-30/h1-9,11-16,19-21,32,35-37H,10,17-18,22-28H2/t32-,35-,36-/m0/s1. The van der Waals surface area contributed by atoms with Crippen molar-refractivity contribution in [2.24, 2.45) is 5.92 Å². The van der Waals surface area contributed by atoms with Gasteiger partial charge < -0.3 is 19.1 Å². The third kappa shape index (κ3) is 9.41. The van der Waals surface area contributed by atoms with Crippen LogP contribution in [0.4, 0.5) is 18.9 Å². The van der Waals surface area contributed by atoms with Gasteiger partial charge in [-0.15, -0.1) is 0 Å². The Bertz CT molecular complexity index is 1460. The molecule has 0 N–H and O–H groups in total. The molecule has 0 aliphatic carbocycles. The molecule has 1 aromatic heterocycles. The van der Waals surface area contributed by atoms with Crippen LogP contribution in [0.1, 0.15) is 35.1 Å². The Balaban J connectivity index is 1.19. The number of ether oxygens (including phenoxy) is 3. The molecule has 3 heterocycles. The number of benzene rings is 3. The van der Waals surface area contributed by atoms with Gasteiger partial charge in [0.1, 0.15) is 6.10 Å². The van der Waals surface area contributed by atoms with Crippen molar-refractivity contribution in [3.8, 4) is 0 Å². The zero-order chi connectivity index (χ0) is 32.5. The van der Waals surface area contributed by atoms with E-state index in [9.17, 15) is 13.2 Å². The number of anilines is 1. The number of likely N-dealkylation sites (tertiary alicyclic amines) is 1. The smallest absolute Gasteiger partial charge is 0.370 e. The minimum Gasteiger partial charge on any atom is -0.370 e. The molecule has 2 saturated heterocycles. The Kier molecular flexibility index (Phi) is 11.2. The van der Waals surface area contributed by atoms with Crippen LogP contribution in [0.5, 0.6) is 0 Å². The van der Waals surface area contributed by atoms with E-state index in [1.54, 1.807) is 0 Å². The fourth-order valence-corrected chi connectivity index (χ4v) is 6.58. The summed E-state index contributed by atoms with van der Waals surface area (Å²) >= 11 is 0. The largest absolute Gasteiger partial charge is 0.417 e. The van der Waals surface area contributed by atoms with Crippen LogP contribution in [-0.2, 0) is 40.2 Å². The average Bonchev–Trinajstić information content (AvgIpc) is 3.10. The first-order valence-electron chi connectivity index (χ1n) is 16.4. The van der Waals surface area contributed by atoms with Crippen LogP contribution < -0.4 is 4.90 Å². The summed E-state index contributed by atoms with van der Waals surface area (Å²) in [6.07, 6.45) is -0.889. The molecule has 0 saturated carbocycles. The van der Waals surface area contributed by atoms with E-state index in [1.807, 2.05) is 59.5 Å². The number of hydrogen-bond donors (Lipinski definition) is 0. The van der Waals surface area contributed by atoms with Gasteiger partial charge in [0.15, 0.2) is 0 Å². The van der Waals surface area contributed by atoms with Gasteiger partial charge >= 0.3 is 6.18 Å². The summed E-state index contributed by atoms with van der Waals surface area (Å²) in [5.74, 6) is 0.268. The number of piperidine rings is 2. The summed E-state index contributed by atoms with van der Waals surface area (Å²) in [6, 6.07) is 31.6. The third-order valence-electron chi connectivity index (χ3n) is 8.96. The first-order valence-corrected chi connectivity index (χ1v) is 16.4. The molecule has 248 valence electrons. The van der Waals surface area contributed by atoms with Gasteiger partial charge in [-0.1, -0.05) is 91.0 Å². The van der Waals surface area contributed by atoms with Crippen LogP contribution in [0, 0.1) is 5.92 Å². The second-order valence-electron chi connectivity index (χ2n) is 12.5. The van der Waals surface area contributed by atoms with E-state index < -0.39 is 11.7 Å².